The lowest BCUT2D eigenvalue weighted by molar-refractivity contribution is 0.254. The maximum absolute atomic E-state index is 12.9. The molecule has 0 bridgehead atoms. The van der Waals surface area contributed by atoms with E-state index >= 15 is 0 Å². The number of benzene rings is 1. The predicted molar refractivity (Wildman–Crippen MR) is 92.9 cm³/mol. The Bertz CT molecular complexity index is 649. The lowest BCUT2D eigenvalue weighted by Crippen LogP contribution is -2.42. The first-order chi connectivity index (χ1) is 10.5. The van der Waals surface area contributed by atoms with E-state index in [1.54, 1.807) is 22.5 Å². The van der Waals surface area contributed by atoms with Gasteiger partial charge in [0.25, 0.3) is 0 Å². The second-order valence-electron chi connectivity index (χ2n) is 6.33. The summed E-state index contributed by atoms with van der Waals surface area (Å²) in [6.45, 7) is 4.09. The predicted octanol–water partition coefficient (Wildman–Crippen LogP) is 2.05. The topological polar surface area (TPSA) is 58.6 Å². The molecule has 1 N–H and O–H groups in total. The van der Waals surface area contributed by atoms with Gasteiger partial charge in [-0.3, -0.25) is 0 Å². The van der Waals surface area contributed by atoms with Crippen LogP contribution in [0.3, 0.4) is 0 Å². The van der Waals surface area contributed by atoms with E-state index in [0.717, 1.165) is 37.1 Å². The number of hydrogen-bond donors (Lipinski definition) is 1. The van der Waals surface area contributed by atoms with Crippen LogP contribution in [0.1, 0.15) is 25.3 Å². The molecule has 0 amide bonds. The zero-order chi connectivity index (χ0) is 15.7. The smallest absolute Gasteiger partial charge is 0.243 e. The molecule has 1 saturated heterocycles. The quantitative estimate of drug-likeness (QED) is 0.892. The summed E-state index contributed by atoms with van der Waals surface area (Å²) >= 11 is 0. The number of rotatable bonds is 4. The molecular formula is C16H25ClN2O3S. The summed E-state index contributed by atoms with van der Waals surface area (Å²) in [5.74, 6) is 1.21. The Morgan fingerprint density at radius 2 is 2.17 bits per heavy atom. The molecular weight excluding hydrogens is 336 g/mol. The van der Waals surface area contributed by atoms with Crippen molar-refractivity contribution in [1.82, 2.24) is 9.62 Å². The molecule has 2 heterocycles. The molecule has 2 aliphatic rings. The van der Waals surface area contributed by atoms with Crippen molar-refractivity contribution >= 4 is 22.4 Å². The molecule has 0 radical (unpaired) electrons. The molecule has 2 atom stereocenters. The second kappa shape index (κ2) is 7.38. The third-order valence-electron chi connectivity index (χ3n) is 4.48. The molecule has 0 saturated carbocycles. The van der Waals surface area contributed by atoms with Gasteiger partial charge < -0.3 is 10.1 Å². The van der Waals surface area contributed by atoms with Crippen molar-refractivity contribution in [2.24, 2.45) is 5.92 Å². The summed E-state index contributed by atoms with van der Waals surface area (Å²) in [5, 5.41) is 3.15. The van der Waals surface area contributed by atoms with Crippen LogP contribution < -0.4 is 10.1 Å². The number of nitrogens with zero attached hydrogens (tertiary/aromatic N) is 1. The van der Waals surface area contributed by atoms with Crippen molar-refractivity contribution < 1.29 is 13.2 Å². The third kappa shape index (κ3) is 3.82. The first kappa shape index (κ1) is 18.5. The lowest BCUT2D eigenvalue weighted by atomic mass is 10.00. The van der Waals surface area contributed by atoms with Crippen LogP contribution in [-0.2, 0) is 16.4 Å². The van der Waals surface area contributed by atoms with E-state index in [9.17, 15) is 8.42 Å². The number of piperidine rings is 1. The monoisotopic (exact) mass is 360 g/mol. The van der Waals surface area contributed by atoms with Gasteiger partial charge in [0.05, 0.1) is 4.90 Å². The van der Waals surface area contributed by atoms with Crippen LogP contribution in [-0.4, -0.2) is 45.5 Å². The van der Waals surface area contributed by atoms with Crippen molar-refractivity contribution in [2.45, 2.75) is 37.2 Å². The first-order valence-electron chi connectivity index (χ1n) is 7.95. The Labute approximate surface area is 144 Å². The summed E-state index contributed by atoms with van der Waals surface area (Å²) in [6.07, 6.45) is 2.92. The van der Waals surface area contributed by atoms with E-state index in [1.807, 2.05) is 14.0 Å². The van der Waals surface area contributed by atoms with Gasteiger partial charge in [-0.25, -0.2) is 8.42 Å². The molecule has 7 heteroatoms. The number of halogens is 1. The van der Waals surface area contributed by atoms with E-state index in [1.165, 1.54) is 0 Å². The highest BCUT2D eigenvalue weighted by atomic mass is 35.5. The lowest BCUT2D eigenvalue weighted by Gasteiger charge is -2.31. The maximum Gasteiger partial charge on any atom is 0.243 e. The molecule has 2 aliphatic heterocycles. The van der Waals surface area contributed by atoms with Crippen LogP contribution in [0.15, 0.2) is 23.1 Å². The number of fused-ring (bicyclic) bond motifs is 1. The molecule has 1 fully saturated rings. The maximum atomic E-state index is 12.9. The summed E-state index contributed by atoms with van der Waals surface area (Å²) < 4.78 is 33.1. The number of nitrogens with one attached hydrogen (secondary N) is 1. The molecule has 130 valence electrons. The summed E-state index contributed by atoms with van der Waals surface area (Å²) in [7, 11) is -1.49. The van der Waals surface area contributed by atoms with E-state index in [4.69, 9.17) is 4.74 Å². The summed E-state index contributed by atoms with van der Waals surface area (Å²) in [6, 6.07) is 5.25. The highest BCUT2D eigenvalue weighted by Gasteiger charge is 2.31. The molecule has 1 aromatic carbocycles. The normalized spacial score (nSPS) is 24.6. The fourth-order valence-corrected chi connectivity index (χ4v) is 5.01. The summed E-state index contributed by atoms with van der Waals surface area (Å²) in [5.41, 5.74) is 0.998. The second-order valence-corrected chi connectivity index (χ2v) is 8.27. The summed E-state index contributed by atoms with van der Waals surface area (Å²) in [4.78, 5) is 0.397. The van der Waals surface area contributed by atoms with Crippen molar-refractivity contribution in [3.05, 3.63) is 23.8 Å². The SMILES string of the molecule is CNCC1CCCN(S(=O)(=O)c2ccc3c(c2)CC(C)O3)C1.Cl. The average Bonchev–Trinajstić information content (AvgIpc) is 2.87. The van der Waals surface area contributed by atoms with E-state index < -0.39 is 10.0 Å². The van der Waals surface area contributed by atoms with Gasteiger partial charge in [-0.05, 0) is 63.0 Å². The zero-order valence-corrected chi connectivity index (χ0v) is 15.3. The Balaban J connectivity index is 0.00000192. The molecule has 2 unspecified atom stereocenters. The van der Waals surface area contributed by atoms with Crippen LogP contribution in [0.5, 0.6) is 5.75 Å². The van der Waals surface area contributed by atoms with Gasteiger partial charge in [-0.15, -0.1) is 12.4 Å². The fourth-order valence-electron chi connectivity index (χ4n) is 3.41. The zero-order valence-electron chi connectivity index (χ0n) is 13.6. The van der Waals surface area contributed by atoms with Crippen molar-refractivity contribution in [2.75, 3.05) is 26.7 Å². The highest BCUT2D eigenvalue weighted by molar-refractivity contribution is 7.89. The minimum atomic E-state index is -3.40. The van der Waals surface area contributed by atoms with E-state index in [2.05, 4.69) is 5.32 Å². The molecule has 5 nitrogen and oxygen atoms in total. The van der Waals surface area contributed by atoms with Crippen LogP contribution in [0.4, 0.5) is 0 Å². The molecule has 1 aromatic rings. The van der Waals surface area contributed by atoms with Gasteiger partial charge in [0.15, 0.2) is 0 Å². The molecule has 0 aliphatic carbocycles. The van der Waals surface area contributed by atoms with Crippen molar-refractivity contribution in [3.8, 4) is 5.75 Å². The van der Waals surface area contributed by atoms with Crippen LogP contribution in [0.2, 0.25) is 0 Å². The minimum Gasteiger partial charge on any atom is -0.490 e. The van der Waals surface area contributed by atoms with Gasteiger partial charge in [0.1, 0.15) is 11.9 Å². The van der Waals surface area contributed by atoms with Crippen molar-refractivity contribution in [1.29, 1.82) is 0 Å². The minimum absolute atomic E-state index is 0. The standard InChI is InChI=1S/C16H24N2O3S.ClH/c1-12-8-14-9-15(5-6-16(14)21-12)22(19,20)18-7-3-4-13(11-18)10-17-2;/h5-6,9,12-13,17H,3-4,7-8,10-11H2,1-2H3;1H. The Morgan fingerprint density at radius 1 is 1.39 bits per heavy atom. The molecule has 3 rings (SSSR count). The third-order valence-corrected chi connectivity index (χ3v) is 6.34. The van der Waals surface area contributed by atoms with Crippen LogP contribution in [0, 0.1) is 5.92 Å². The first-order valence-corrected chi connectivity index (χ1v) is 9.39. The largest absolute Gasteiger partial charge is 0.490 e. The highest BCUT2D eigenvalue weighted by Crippen LogP contribution is 2.32. The Kier molecular flexibility index (Phi) is 5.94. The van der Waals surface area contributed by atoms with Gasteiger partial charge >= 0.3 is 0 Å². The van der Waals surface area contributed by atoms with E-state index in [0.29, 0.717) is 23.9 Å². The Morgan fingerprint density at radius 3 is 2.91 bits per heavy atom. The van der Waals surface area contributed by atoms with Gasteiger partial charge in [0, 0.05) is 19.5 Å². The number of ether oxygens (including phenoxy) is 1. The fraction of sp³-hybridized carbons (Fsp3) is 0.625. The van der Waals surface area contributed by atoms with Crippen LogP contribution in [0.25, 0.3) is 0 Å². The molecule has 23 heavy (non-hydrogen) atoms. The molecule has 0 spiro atoms. The number of sulfonamides is 1. The number of hydrogen-bond acceptors (Lipinski definition) is 4. The van der Waals surface area contributed by atoms with E-state index in [-0.39, 0.29) is 18.5 Å². The van der Waals surface area contributed by atoms with Crippen LogP contribution >= 0.6 is 12.4 Å². The van der Waals surface area contributed by atoms with Crippen molar-refractivity contribution in [3.63, 3.8) is 0 Å². The van der Waals surface area contributed by atoms with Gasteiger partial charge in [0.2, 0.25) is 10.0 Å². The van der Waals surface area contributed by atoms with Gasteiger partial charge in [-0.2, -0.15) is 4.31 Å². The molecule has 0 aromatic heterocycles. The van der Waals surface area contributed by atoms with Gasteiger partial charge in [-0.1, -0.05) is 0 Å². The Hall–Kier alpha value is -0.820. The average molecular weight is 361 g/mol.